The molecule has 2 heterocycles. The quantitative estimate of drug-likeness (QED) is 0.769. The highest BCUT2D eigenvalue weighted by molar-refractivity contribution is 5.74. The van der Waals surface area contributed by atoms with Gasteiger partial charge in [0.2, 0.25) is 0 Å². The molecule has 1 aliphatic rings. The van der Waals surface area contributed by atoms with Crippen LogP contribution in [-0.2, 0) is 10.9 Å². The average molecular weight is 348 g/mol. The number of hydrogen-bond donors (Lipinski definition) is 0. The van der Waals surface area contributed by atoms with Crippen molar-refractivity contribution in [2.45, 2.75) is 31.5 Å². The lowest BCUT2D eigenvalue weighted by atomic mass is 10.1. The van der Waals surface area contributed by atoms with Gasteiger partial charge in [0, 0.05) is 46.6 Å². The molecule has 1 saturated heterocycles. The maximum absolute atomic E-state index is 12.7. The highest BCUT2D eigenvalue weighted by Gasteiger charge is 2.35. The Morgan fingerprint density at radius 1 is 1.50 bits per heavy atom. The van der Waals surface area contributed by atoms with Crippen molar-refractivity contribution in [1.82, 2.24) is 19.6 Å². The molecule has 0 spiro atoms. The first kappa shape index (κ1) is 18.6. The number of halogens is 3. The minimum absolute atomic E-state index is 0.112. The van der Waals surface area contributed by atoms with Crippen LogP contribution in [0.4, 0.5) is 18.0 Å². The van der Waals surface area contributed by atoms with Gasteiger partial charge >= 0.3 is 12.2 Å². The molecule has 0 bridgehead atoms. The van der Waals surface area contributed by atoms with Crippen LogP contribution in [0.25, 0.3) is 0 Å². The monoisotopic (exact) mass is 348 g/mol. The Morgan fingerprint density at radius 2 is 2.25 bits per heavy atom. The van der Waals surface area contributed by atoms with E-state index in [1.165, 1.54) is 10.9 Å². The van der Waals surface area contributed by atoms with Gasteiger partial charge in [0.05, 0.1) is 6.04 Å². The normalized spacial score (nSPS) is 18.7. The summed E-state index contributed by atoms with van der Waals surface area (Å²) in [6, 6.07) is 0.627. The number of piperidine rings is 1. The van der Waals surface area contributed by atoms with Gasteiger partial charge in [0.1, 0.15) is 0 Å². The molecule has 0 saturated carbocycles. The largest absolute Gasteiger partial charge is 0.435 e. The second-order valence-electron chi connectivity index (χ2n) is 5.97. The second-order valence-corrected chi connectivity index (χ2v) is 5.97. The van der Waals surface area contributed by atoms with Gasteiger partial charge in [0.25, 0.3) is 0 Å². The van der Waals surface area contributed by atoms with E-state index in [4.69, 9.17) is 4.74 Å². The number of carbonyl (C=O) groups is 1. The number of urea groups is 1. The second kappa shape index (κ2) is 7.87. The third-order valence-corrected chi connectivity index (χ3v) is 4.11. The average Bonchev–Trinajstić information content (AvgIpc) is 3.04. The van der Waals surface area contributed by atoms with E-state index in [2.05, 4.69) is 5.10 Å². The lowest BCUT2D eigenvalue weighted by molar-refractivity contribution is -0.141. The summed E-state index contributed by atoms with van der Waals surface area (Å²) in [5, 5.41) is 3.63. The van der Waals surface area contributed by atoms with E-state index in [9.17, 15) is 18.0 Å². The van der Waals surface area contributed by atoms with Crippen LogP contribution in [0.1, 0.15) is 31.0 Å². The molecule has 0 radical (unpaired) electrons. The summed E-state index contributed by atoms with van der Waals surface area (Å²) in [6.45, 7) is 2.13. The summed E-state index contributed by atoms with van der Waals surface area (Å²) in [6.07, 6.45) is -0.926. The molecule has 9 heteroatoms. The molecule has 1 fully saturated rings. The molecular weight excluding hydrogens is 325 g/mol. The fraction of sp³-hybridized carbons (Fsp3) is 0.733. The van der Waals surface area contributed by atoms with Crippen molar-refractivity contribution >= 4 is 6.03 Å². The molecule has 2 amide bonds. The van der Waals surface area contributed by atoms with Crippen molar-refractivity contribution < 1.29 is 22.7 Å². The number of hydrogen-bond acceptors (Lipinski definition) is 3. The Morgan fingerprint density at radius 3 is 2.88 bits per heavy atom. The predicted octanol–water partition coefficient (Wildman–Crippen LogP) is 2.63. The lowest BCUT2D eigenvalue weighted by Gasteiger charge is -2.35. The molecule has 1 aromatic heterocycles. The Balaban J connectivity index is 1.96. The Kier molecular flexibility index (Phi) is 6.09. The third-order valence-electron chi connectivity index (χ3n) is 4.11. The first-order valence-electron chi connectivity index (χ1n) is 7.94. The molecule has 6 nitrogen and oxygen atoms in total. The maximum atomic E-state index is 12.7. The first-order chi connectivity index (χ1) is 11.3. The van der Waals surface area contributed by atoms with Crippen LogP contribution < -0.4 is 0 Å². The fourth-order valence-electron chi connectivity index (χ4n) is 2.82. The number of likely N-dealkylation sites (tertiary alicyclic amines) is 1. The molecular formula is C15H23F3N4O2. The first-order valence-corrected chi connectivity index (χ1v) is 7.94. The summed E-state index contributed by atoms with van der Waals surface area (Å²) in [7, 11) is 3.33. The minimum atomic E-state index is -4.45. The maximum Gasteiger partial charge on any atom is 0.435 e. The molecule has 1 aliphatic heterocycles. The molecule has 0 N–H and O–H groups in total. The van der Waals surface area contributed by atoms with E-state index < -0.39 is 11.9 Å². The van der Waals surface area contributed by atoms with Crippen LogP contribution in [0.15, 0.2) is 12.3 Å². The molecule has 0 aliphatic carbocycles. The van der Waals surface area contributed by atoms with Gasteiger partial charge in [-0.1, -0.05) is 0 Å². The predicted molar refractivity (Wildman–Crippen MR) is 81.6 cm³/mol. The van der Waals surface area contributed by atoms with Crippen molar-refractivity contribution in [3.05, 3.63) is 18.0 Å². The number of ether oxygens (including phenoxy) is 1. The molecule has 2 rings (SSSR count). The summed E-state index contributed by atoms with van der Waals surface area (Å²) in [5.41, 5.74) is -0.900. The highest BCUT2D eigenvalue weighted by atomic mass is 19.4. The van der Waals surface area contributed by atoms with Crippen LogP contribution in [0.5, 0.6) is 0 Å². The minimum Gasteiger partial charge on any atom is -0.385 e. The van der Waals surface area contributed by atoms with Crippen LogP contribution in [0.2, 0.25) is 0 Å². The number of rotatable bonds is 5. The Labute approximate surface area is 139 Å². The van der Waals surface area contributed by atoms with Gasteiger partial charge in [-0.3, -0.25) is 4.68 Å². The topological polar surface area (TPSA) is 50.6 Å². The molecule has 0 unspecified atom stereocenters. The van der Waals surface area contributed by atoms with Crippen LogP contribution in [0, 0.1) is 0 Å². The Bertz CT molecular complexity index is 547. The Hall–Kier alpha value is -1.77. The van der Waals surface area contributed by atoms with Gasteiger partial charge in [-0.25, -0.2) is 4.79 Å². The van der Waals surface area contributed by atoms with Crippen molar-refractivity contribution in [1.29, 1.82) is 0 Å². The third kappa shape index (κ3) is 4.62. The number of alkyl halides is 3. The zero-order chi connectivity index (χ0) is 17.7. The smallest absolute Gasteiger partial charge is 0.385 e. The van der Waals surface area contributed by atoms with Gasteiger partial charge in [-0.05, 0) is 25.3 Å². The van der Waals surface area contributed by atoms with Gasteiger partial charge < -0.3 is 14.5 Å². The SMILES string of the molecule is COCCCN(C)C(=O)N1CCC[C@H](n2ccc(C(F)(F)F)n2)C1. The van der Waals surface area contributed by atoms with Gasteiger partial charge in [-0.15, -0.1) is 0 Å². The number of aromatic nitrogens is 2. The van der Waals surface area contributed by atoms with Crippen molar-refractivity contribution in [3.8, 4) is 0 Å². The van der Waals surface area contributed by atoms with Crippen LogP contribution in [0.3, 0.4) is 0 Å². The molecule has 136 valence electrons. The van der Waals surface area contributed by atoms with Crippen LogP contribution in [-0.4, -0.2) is 66.0 Å². The molecule has 1 aromatic rings. The van der Waals surface area contributed by atoms with E-state index >= 15 is 0 Å². The van der Waals surface area contributed by atoms with Crippen LogP contribution >= 0.6 is 0 Å². The standard InChI is InChI=1S/C15H23F3N4O2/c1-20(7-4-10-24-2)14(23)21-8-3-5-12(11-21)22-9-6-13(19-22)15(16,17)18/h6,9,12H,3-5,7-8,10-11H2,1-2H3/t12-/m0/s1. The zero-order valence-electron chi connectivity index (χ0n) is 13.9. The van der Waals surface area contributed by atoms with Gasteiger partial charge in [-0.2, -0.15) is 18.3 Å². The molecule has 1 atom stereocenters. The summed E-state index contributed by atoms with van der Waals surface area (Å²) >= 11 is 0. The summed E-state index contributed by atoms with van der Waals surface area (Å²) in [4.78, 5) is 15.7. The van der Waals surface area contributed by atoms with Crippen molar-refractivity contribution in [3.63, 3.8) is 0 Å². The summed E-state index contributed by atoms with van der Waals surface area (Å²) in [5.74, 6) is 0. The number of nitrogens with zero attached hydrogens (tertiary/aromatic N) is 4. The van der Waals surface area contributed by atoms with E-state index in [1.54, 1.807) is 24.0 Å². The molecule has 0 aromatic carbocycles. The van der Waals surface area contributed by atoms with Crippen molar-refractivity contribution in [2.75, 3.05) is 40.4 Å². The lowest BCUT2D eigenvalue weighted by Crippen LogP contribution is -2.47. The number of methoxy groups -OCH3 is 1. The van der Waals surface area contributed by atoms with E-state index in [-0.39, 0.29) is 12.1 Å². The number of amides is 2. The van der Waals surface area contributed by atoms with Gasteiger partial charge in [0.15, 0.2) is 5.69 Å². The van der Waals surface area contributed by atoms with E-state index in [0.29, 0.717) is 32.7 Å². The fourth-order valence-corrected chi connectivity index (χ4v) is 2.82. The number of carbonyl (C=O) groups excluding carboxylic acids is 1. The van der Waals surface area contributed by atoms with E-state index in [0.717, 1.165) is 18.9 Å². The van der Waals surface area contributed by atoms with Crippen molar-refractivity contribution in [2.24, 2.45) is 0 Å². The zero-order valence-corrected chi connectivity index (χ0v) is 13.9. The summed E-state index contributed by atoms with van der Waals surface area (Å²) < 4.78 is 44.3. The highest BCUT2D eigenvalue weighted by Crippen LogP contribution is 2.29. The molecule has 24 heavy (non-hydrogen) atoms. The van der Waals surface area contributed by atoms with E-state index in [1.807, 2.05) is 0 Å².